The van der Waals surface area contributed by atoms with Gasteiger partial charge in [0.05, 0.1) is 39.4 Å². The first-order chi connectivity index (χ1) is 23.6. The molecule has 1 aromatic carbocycles. The lowest BCUT2D eigenvalue weighted by molar-refractivity contribution is 0.0382. The molecule has 49 heavy (non-hydrogen) atoms. The first-order valence-electron chi connectivity index (χ1n) is 15.9. The second kappa shape index (κ2) is 13.2. The second-order valence-corrected chi connectivity index (χ2v) is 13.8. The summed E-state index contributed by atoms with van der Waals surface area (Å²) in [6, 6.07) is 9.76. The number of carboxylic acids is 1. The molecular weight excluding hydrogens is 665 g/mol. The largest absolute Gasteiger partial charge is 0.478 e. The van der Waals surface area contributed by atoms with Crippen LogP contribution in [-0.2, 0) is 6.54 Å². The number of likely N-dealkylation sites (tertiary alicyclic amines) is 1. The molecule has 0 bridgehead atoms. The number of piperidine rings is 1. The van der Waals surface area contributed by atoms with Gasteiger partial charge < -0.3 is 14.9 Å². The number of nitrogens with zero attached hydrogens (tertiary/aromatic N) is 7. The zero-order valence-electron chi connectivity index (χ0n) is 26.8. The maximum Gasteiger partial charge on any atom is 0.338 e. The molecule has 10 nitrogen and oxygen atoms in total. The number of carbonyl (C=O) groups is 1. The predicted molar refractivity (Wildman–Crippen MR) is 188 cm³/mol. The molecule has 5 heterocycles. The standard InChI is InChI=1S/C36H31ClFN7O3S/c1-20-42-30-18-41-34(43(2)24-8-12-44(13-9-24)25-15-23(38)16-25)28(17-39)31(30)35(46)45(20)11-3-4-21-5-6-22(37)14-27(21)26-7-10-40-32-29(36(47)48)19-49-33(26)32/h5-7,10,14,18-19,23-25H,8-9,11-13,15-16H2,1-2H3,(H,47,48). The number of alkyl halides is 1. The van der Waals surface area contributed by atoms with E-state index in [9.17, 15) is 24.3 Å². The molecule has 1 saturated carbocycles. The number of hydrogen-bond donors (Lipinski definition) is 1. The van der Waals surface area contributed by atoms with E-state index in [0.717, 1.165) is 31.5 Å². The third-order valence-electron chi connectivity index (χ3n) is 9.65. The van der Waals surface area contributed by atoms with Crippen LogP contribution in [0.1, 0.15) is 53.0 Å². The van der Waals surface area contributed by atoms with Crippen LogP contribution in [0, 0.1) is 30.1 Å². The number of aromatic nitrogens is 4. The van der Waals surface area contributed by atoms with Gasteiger partial charge in [-0.1, -0.05) is 23.4 Å². The summed E-state index contributed by atoms with van der Waals surface area (Å²) < 4.78 is 15.6. The summed E-state index contributed by atoms with van der Waals surface area (Å²) in [7, 11) is 1.90. The molecule has 4 aromatic heterocycles. The van der Waals surface area contributed by atoms with Crippen LogP contribution >= 0.6 is 22.9 Å². The first kappa shape index (κ1) is 32.7. The molecule has 2 aliphatic rings. The van der Waals surface area contributed by atoms with Crippen LogP contribution in [0.2, 0.25) is 5.02 Å². The maximum atomic E-state index is 14.0. The van der Waals surface area contributed by atoms with Gasteiger partial charge in [-0.15, -0.1) is 11.3 Å². The van der Waals surface area contributed by atoms with Crippen molar-refractivity contribution in [2.75, 3.05) is 25.0 Å². The lowest BCUT2D eigenvalue weighted by Crippen LogP contribution is -2.52. The highest BCUT2D eigenvalue weighted by Crippen LogP contribution is 2.37. The Kier molecular flexibility index (Phi) is 8.80. The van der Waals surface area contributed by atoms with E-state index in [1.165, 1.54) is 15.9 Å². The zero-order chi connectivity index (χ0) is 34.4. The summed E-state index contributed by atoms with van der Waals surface area (Å²) >= 11 is 7.67. The van der Waals surface area contributed by atoms with E-state index in [2.05, 4.69) is 37.8 Å². The van der Waals surface area contributed by atoms with Gasteiger partial charge in [-0.3, -0.25) is 14.3 Å². The van der Waals surface area contributed by atoms with Gasteiger partial charge in [-0.05, 0) is 56.9 Å². The fourth-order valence-corrected chi connectivity index (χ4v) is 8.06. The third kappa shape index (κ3) is 6.01. The van der Waals surface area contributed by atoms with E-state index in [0.29, 0.717) is 62.4 Å². The SMILES string of the molecule is Cc1nc2cnc(N(C)C3CCN(C4CC(F)C4)CC3)c(C#N)c2c(=O)n1CC#Cc1ccc(Cl)cc1-c1ccnc2c(C(=O)O)csc12. The third-order valence-corrected chi connectivity index (χ3v) is 10.9. The minimum atomic E-state index is -1.05. The summed E-state index contributed by atoms with van der Waals surface area (Å²) in [5, 5.41) is 22.2. The number of anilines is 1. The molecule has 0 radical (unpaired) electrons. The highest BCUT2D eigenvalue weighted by molar-refractivity contribution is 7.18. The van der Waals surface area contributed by atoms with Gasteiger partial charge in [0.1, 0.15) is 29.4 Å². The van der Waals surface area contributed by atoms with Gasteiger partial charge >= 0.3 is 5.97 Å². The van der Waals surface area contributed by atoms with Crippen molar-refractivity contribution in [2.24, 2.45) is 0 Å². The predicted octanol–water partition coefficient (Wildman–Crippen LogP) is 6.05. The van der Waals surface area contributed by atoms with Gasteiger partial charge in [-0.25, -0.2) is 19.2 Å². The molecule has 1 N–H and O–H groups in total. The Morgan fingerprint density at radius 3 is 2.69 bits per heavy atom. The molecule has 5 aromatic rings. The Balaban J connectivity index is 1.19. The normalized spacial score (nSPS) is 18.1. The Bertz CT molecular complexity index is 2290. The number of halogens is 2. The number of nitriles is 1. The number of rotatable bonds is 6. The highest BCUT2D eigenvalue weighted by Gasteiger charge is 2.36. The number of thiophene rings is 1. The van der Waals surface area contributed by atoms with E-state index in [1.54, 1.807) is 49.0 Å². The quantitative estimate of drug-likeness (QED) is 0.211. The number of fused-ring (bicyclic) bond motifs is 2. The Hall–Kier alpha value is -4.88. The van der Waals surface area contributed by atoms with Crippen molar-refractivity contribution in [3.63, 3.8) is 0 Å². The minimum Gasteiger partial charge on any atom is -0.478 e. The van der Waals surface area contributed by atoms with Crippen molar-refractivity contribution in [1.29, 1.82) is 5.26 Å². The van der Waals surface area contributed by atoms with Gasteiger partial charge in [-0.2, -0.15) is 5.26 Å². The molecule has 0 atom stereocenters. The van der Waals surface area contributed by atoms with E-state index in [4.69, 9.17) is 11.6 Å². The Labute approximate surface area is 290 Å². The number of benzene rings is 1. The highest BCUT2D eigenvalue weighted by atomic mass is 35.5. The molecule has 7 rings (SSSR count). The zero-order valence-corrected chi connectivity index (χ0v) is 28.4. The van der Waals surface area contributed by atoms with Crippen molar-refractivity contribution < 1.29 is 14.3 Å². The van der Waals surface area contributed by atoms with Crippen LogP contribution in [0.25, 0.3) is 32.2 Å². The number of carboxylic acid groups (broad SMARTS) is 1. The van der Waals surface area contributed by atoms with Crippen LogP contribution in [0.4, 0.5) is 10.2 Å². The van der Waals surface area contributed by atoms with E-state index in [1.807, 2.05) is 11.9 Å². The summed E-state index contributed by atoms with van der Waals surface area (Å²) in [6.45, 7) is 3.44. The number of aromatic carboxylic acids is 1. The molecule has 1 aliphatic heterocycles. The molecule has 2 fully saturated rings. The van der Waals surface area contributed by atoms with Crippen molar-refractivity contribution in [1.82, 2.24) is 24.4 Å². The van der Waals surface area contributed by atoms with Gasteiger partial charge in [0.25, 0.3) is 5.56 Å². The summed E-state index contributed by atoms with van der Waals surface area (Å²) in [6.07, 6.45) is 5.34. The maximum absolute atomic E-state index is 14.0. The minimum absolute atomic E-state index is 0.0152. The summed E-state index contributed by atoms with van der Waals surface area (Å²) in [5.41, 5.74) is 2.77. The van der Waals surface area contributed by atoms with Crippen LogP contribution in [0.3, 0.4) is 0 Å². The van der Waals surface area contributed by atoms with Crippen molar-refractivity contribution in [3.05, 3.63) is 79.9 Å². The number of hydrogen-bond acceptors (Lipinski definition) is 9. The van der Waals surface area contributed by atoms with Crippen molar-refractivity contribution >= 4 is 55.8 Å². The molecule has 0 amide bonds. The van der Waals surface area contributed by atoms with Crippen molar-refractivity contribution in [3.8, 4) is 29.0 Å². The van der Waals surface area contributed by atoms with E-state index >= 15 is 0 Å². The van der Waals surface area contributed by atoms with Gasteiger partial charge in [0, 0.05) is 65.5 Å². The fraction of sp³-hybridized carbons (Fsp3) is 0.333. The van der Waals surface area contributed by atoms with Crippen LogP contribution < -0.4 is 10.5 Å². The average molecular weight is 696 g/mol. The van der Waals surface area contributed by atoms with Crippen molar-refractivity contribution in [2.45, 2.75) is 57.4 Å². The topological polar surface area (TPSA) is 128 Å². The summed E-state index contributed by atoms with van der Waals surface area (Å²) in [4.78, 5) is 43.6. The van der Waals surface area contributed by atoms with Gasteiger partial charge in [0.2, 0.25) is 0 Å². The van der Waals surface area contributed by atoms with Crippen LogP contribution in [0.5, 0.6) is 0 Å². The molecule has 0 unspecified atom stereocenters. The molecule has 248 valence electrons. The smallest absolute Gasteiger partial charge is 0.338 e. The molecular formula is C36H31ClFN7O3S. The second-order valence-electron chi connectivity index (χ2n) is 12.5. The summed E-state index contributed by atoms with van der Waals surface area (Å²) in [5.74, 6) is 6.10. The lowest BCUT2D eigenvalue weighted by atomic mass is 9.87. The Morgan fingerprint density at radius 1 is 1.20 bits per heavy atom. The monoisotopic (exact) mass is 695 g/mol. The average Bonchev–Trinajstić information content (AvgIpc) is 3.53. The van der Waals surface area contributed by atoms with Gasteiger partial charge in [0.15, 0.2) is 0 Å². The lowest BCUT2D eigenvalue weighted by Gasteiger charge is -2.45. The van der Waals surface area contributed by atoms with E-state index in [-0.39, 0.29) is 34.7 Å². The number of aryl methyl sites for hydroxylation is 1. The number of pyridine rings is 2. The molecule has 13 heteroatoms. The molecule has 0 spiro atoms. The van der Waals surface area contributed by atoms with E-state index < -0.39 is 12.1 Å². The molecule has 1 aliphatic carbocycles. The van der Waals surface area contributed by atoms with Crippen LogP contribution in [-0.4, -0.2) is 73.9 Å². The van der Waals surface area contributed by atoms with Crippen LogP contribution in [0.15, 0.2) is 46.8 Å². The fourth-order valence-electron chi connectivity index (χ4n) is 6.86. The molecule has 1 saturated heterocycles. The first-order valence-corrected chi connectivity index (χ1v) is 17.2. The Morgan fingerprint density at radius 2 is 1.98 bits per heavy atom.